The first-order valence-electron chi connectivity index (χ1n) is 19.4. The molecule has 1 fully saturated rings. The third-order valence-corrected chi connectivity index (χ3v) is 12.3. The Bertz CT molecular complexity index is 1970. The van der Waals surface area contributed by atoms with Crippen molar-refractivity contribution in [2.45, 2.75) is 96.3 Å². The van der Waals surface area contributed by atoms with Crippen molar-refractivity contribution in [3.05, 3.63) is 95.5 Å². The smallest absolute Gasteiger partial charge is 0.134 e. The lowest BCUT2D eigenvalue weighted by atomic mass is 9.72. The van der Waals surface area contributed by atoms with Gasteiger partial charge in [0.2, 0.25) is 0 Å². The Labute approximate surface area is 311 Å². The summed E-state index contributed by atoms with van der Waals surface area (Å²) in [5, 5.41) is 0. The molecule has 4 heterocycles. The van der Waals surface area contributed by atoms with Crippen molar-refractivity contribution in [1.29, 1.82) is 0 Å². The number of imidazole rings is 2. The summed E-state index contributed by atoms with van der Waals surface area (Å²) in [5.74, 6) is 2.95. The van der Waals surface area contributed by atoms with Crippen LogP contribution in [0, 0.1) is 18.3 Å². The van der Waals surface area contributed by atoms with Crippen LogP contribution in [0.3, 0.4) is 0 Å². The summed E-state index contributed by atoms with van der Waals surface area (Å²) in [6.07, 6.45) is 17.5. The van der Waals surface area contributed by atoms with Gasteiger partial charge in [-0.3, -0.25) is 4.21 Å². The highest BCUT2D eigenvalue weighted by Gasteiger charge is 2.37. The average Bonchev–Trinajstić information content (AvgIpc) is 3.73. The van der Waals surface area contributed by atoms with Crippen LogP contribution in [0.15, 0.2) is 77.6 Å². The van der Waals surface area contributed by atoms with Gasteiger partial charge in [-0.05, 0) is 111 Å². The fourth-order valence-electron chi connectivity index (χ4n) is 8.08. The fourth-order valence-corrected chi connectivity index (χ4v) is 9.34. The maximum absolute atomic E-state index is 13.6. The van der Waals surface area contributed by atoms with Crippen molar-refractivity contribution in [3.8, 4) is 5.75 Å². The molecule has 2 aliphatic heterocycles. The Morgan fingerprint density at radius 2 is 1.88 bits per heavy atom. The van der Waals surface area contributed by atoms with Gasteiger partial charge in [0, 0.05) is 48.9 Å². The SMILES string of the molecule is CCCCOc1ccc(C2=CC=C3N(CC4CCOCC4)CCC/C(c4nc5ccc(S(=O)Cc6c(C)ncn6CCC)cc5[nH]4)=C\C3(C)C2)cc1. The van der Waals surface area contributed by atoms with E-state index in [4.69, 9.17) is 14.5 Å². The Hall–Kier alpha value is -3.95. The van der Waals surface area contributed by atoms with Gasteiger partial charge in [-0.25, -0.2) is 9.97 Å². The molecule has 276 valence electrons. The summed E-state index contributed by atoms with van der Waals surface area (Å²) in [5.41, 5.74) is 8.82. The van der Waals surface area contributed by atoms with Crippen molar-refractivity contribution in [2.24, 2.45) is 11.3 Å². The highest BCUT2D eigenvalue weighted by molar-refractivity contribution is 7.84. The Morgan fingerprint density at radius 1 is 1.06 bits per heavy atom. The van der Waals surface area contributed by atoms with Crippen molar-refractivity contribution in [2.75, 3.05) is 32.9 Å². The van der Waals surface area contributed by atoms with Crippen LogP contribution in [0.25, 0.3) is 22.2 Å². The van der Waals surface area contributed by atoms with Gasteiger partial charge in [-0.2, -0.15) is 0 Å². The molecule has 0 amide bonds. The molecule has 0 bridgehead atoms. The molecule has 7 rings (SSSR count). The Morgan fingerprint density at radius 3 is 2.67 bits per heavy atom. The Kier molecular flexibility index (Phi) is 11.5. The minimum absolute atomic E-state index is 0.216. The number of rotatable bonds is 13. The quantitative estimate of drug-likeness (QED) is 0.139. The molecule has 1 N–H and O–H groups in total. The second-order valence-corrected chi connectivity index (χ2v) is 16.5. The van der Waals surface area contributed by atoms with Crippen LogP contribution >= 0.6 is 0 Å². The largest absolute Gasteiger partial charge is 0.494 e. The number of hydrogen-bond donors (Lipinski definition) is 1. The number of nitrogens with one attached hydrogen (secondary N) is 1. The molecule has 1 saturated heterocycles. The first-order chi connectivity index (χ1) is 25.3. The van der Waals surface area contributed by atoms with E-state index in [1.165, 1.54) is 22.4 Å². The van der Waals surface area contributed by atoms with Crippen LogP contribution in [0.4, 0.5) is 0 Å². The van der Waals surface area contributed by atoms with Gasteiger partial charge in [0.1, 0.15) is 11.6 Å². The van der Waals surface area contributed by atoms with Crippen LogP contribution in [0.1, 0.15) is 94.9 Å². The molecule has 1 aliphatic carbocycles. The number of aromatic amines is 1. The van der Waals surface area contributed by atoms with Gasteiger partial charge in [0.05, 0.1) is 51.9 Å². The maximum Gasteiger partial charge on any atom is 0.134 e. The Balaban J connectivity index is 1.18. The summed E-state index contributed by atoms with van der Waals surface area (Å²) >= 11 is 0. The van der Waals surface area contributed by atoms with Crippen molar-refractivity contribution < 1.29 is 13.7 Å². The zero-order valence-corrected chi connectivity index (χ0v) is 32.3. The molecule has 2 aromatic heterocycles. The standard InChI is InChI=1S/C43H55N5O3S/c1-5-7-22-51-36-13-10-33(11-14-36)34-12-17-41-43(4,26-34)27-35(9-8-21-47(41)28-32-18-23-50-24-19-32)42-45-38-16-15-37(25-39(38)46-42)52(49)29-40-31(3)44-30-48(40)20-6-2/h10-17,25,27,30,32H,5-9,18-24,26,28-29H2,1-4H3,(H,45,46)/b35-27+. The predicted molar refractivity (Wildman–Crippen MR) is 211 cm³/mol. The first-order valence-corrected chi connectivity index (χ1v) is 20.7. The minimum atomic E-state index is -1.20. The zero-order chi connectivity index (χ0) is 36.1. The molecule has 2 unspecified atom stereocenters. The van der Waals surface area contributed by atoms with Gasteiger partial charge in [-0.1, -0.05) is 51.5 Å². The van der Waals surface area contributed by atoms with Gasteiger partial charge in [-0.15, -0.1) is 0 Å². The number of benzene rings is 2. The number of allylic oxidation sites excluding steroid dienone is 5. The number of unbranched alkanes of at least 4 members (excludes halogenated alkanes) is 1. The molecule has 2 atom stereocenters. The van der Waals surface area contributed by atoms with E-state index in [1.54, 1.807) is 0 Å². The maximum atomic E-state index is 13.6. The lowest BCUT2D eigenvalue weighted by Gasteiger charge is -2.44. The van der Waals surface area contributed by atoms with E-state index in [2.05, 4.69) is 82.7 Å². The van der Waals surface area contributed by atoms with E-state index in [0.29, 0.717) is 11.7 Å². The number of hydrogen-bond acceptors (Lipinski definition) is 6. The van der Waals surface area contributed by atoms with Crippen molar-refractivity contribution in [1.82, 2.24) is 24.4 Å². The molecule has 4 aromatic rings. The van der Waals surface area contributed by atoms with E-state index < -0.39 is 10.8 Å². The molecule has 3 aliphatic rings. The van der Waals surface area contributed by atoms with Crippen LogP contribution in [-0.4, -0.2) is 61.5 Å². The second-order valence-electron chi connectivity index (χ2n) is 15.1. The number of aryl methyl sites for hydroxylation is 2. The van der Waals surface area contributed by atoms with E-state index in [9.17, 15) is 4.21 Å². The highest BCUT2D eigenvalue weighted by Crippen LogP contribution is 2.47. The van der Waals surface area contributed by atoms with Crippen molar-refractivity contribution >= 4 is 33.0 Å². The van der Waals surface area contributed by atoms with Gasteiger partial charge >= 0.3 is 0 Å². The number of nitrogens with zero attached hydrogens (tertiary/aromatic N) is 4. The number of aromatic nitrogens is 4. The van der Waals surface area contributed by atoms with Crippen LogP contribution in [0.2, 0.25) is 0 Å². The molecule has 0 radical (unpaired) electrons. The number of fused-ring (bicyclic) bond motifs is 2. The average molecular weight is 722 g/mol. The number of H-pyrrole nitrogens is 1. The molecule has 9 heteroatoms. The lowest BCUT2D eigenvalue weighted by Crippen LogP contribution is -2.40. The molecule has 0 saturated carbocycles. The zero-order valence-electron chi connectivity index (χ0n) is 31.5. The summed E-state index contributed by atoms with van der Waals surface area (Å²) in [7, 11) is -1.20. The molecular weight excluding hydrogens is 667 g/mol. The second kappa shape index (κ2) is 16.4. The van der Waals surface area contributed by atoms with Gasteiger partial charge < -0.3 is 23.9 Å². The topological polar surface area (TPSA) is 85.3 Å². The van der Waals surface area contributed by atoms with Crippen LogP contribution in [0.5, 0.6) is 5.75 Å². The van der Waals surface area contributed by atoms with Gasteiger partial charge in [0.25, 0.3) is 0 Å². The summed E-state index contributed by atoms with van der Waals surface area (Å²) in [6, 6.07) is 14.7. The van der Waals surface area contributed by atoms with Crippen LogP contribution < -0.4 is 4.74 Å². The molecule has 52 heavy (non-hydrogen) atoms. The first kappa shape index (κ1) is 36.4. The third-order valence-electron chi connectivity index (χ3n) is 11.0. The lowest BCUT2D eigenvalue weighted by molar-refractivity contribution is 0.0542. The van der Waals surface area contributed by atoms with Crippen LogP contribution in [-0.2, 0) is 27.8 Å². The minimum Gasteiger partial charge on any atom is -0.494 e. The van der Waals surface area contributed by atoms with E-state index in [1.807, 2.05) is 31.5 Å². The van der Waals surface area contributed by atoms with Crippen molar-refractivity contribution in [3.63, 3.8) is 0 Å². The van der Waals surface area contributed by atoms with E-state index >= 15 is 0 Å². The molecule has 2 aromatic carbocycles. The highest BCUT2D eigenvalue weighted by atomic mass is 32.2. The summed E-state index contributed by atoms with van der Waals surface area (Å²) < 4.78 is 27.5. The molecule has 8 nitrogen and oxygen atoms in total. The monoisotopic (exact) mass is 721 g/mol. The third kappa shape index (κ3) is 8.16. The number of ether oxygens (including phenoxy) is 2. The molecular formula is C43H55N5O3S. The summed E-state index contributed by atoms with van der Waals surface area (Å²) in [4.78, 5) is 16.8. The molecule has 0 spiro atoms. The fraction of sp³-hybridized carbons (Fsp3) is 0.488. The van der Waals surface area contributed by atoms with E-state index in [0.717, 1.165) is 130 Å². The normalized spacial score (nSPS) is 21.5. The predicted octanol–water partition coefficient (Wildman–Crippen LogP) is 9.25. The van der Waals surface area contributed by atoms with Gasteiger partial charge in [0.15, 0.2) is 0 Å². The summed E-state index contributed by atoms with van der Waals surface area (Å²) in [6.45, 7) is 14.2. The van der Waals surface area contributed by atoms with E-state index in [-0.39, 0.29) is 5.41 Å².